The summed E-state index contributed by atoms with van der Waals surface area (Å²) in [5.74, 6) is 0.161. The summed E-state index contributed by atoms with van der Waals surface area (Å²) < 4.78 is 0. The van der Waals surface area contributed by atoms with Crippen LogP contribution in [0, 0.1) is 10.1 Å². The molecule has 1 N–H and O–H groups in total. The number of halogens is 1. The summed E-state index contributed by atoms with van der Waals surface area (Å²) in [6.45, 7) is 5.96. The fraction of sp³-hybridized carbons (Fsp3) is 0.600. The predicted molar refractivity (Wildman–Crippen MR) is 66.3 cm³/mol. The maximum atomic E-state index is 10.8. The van der Waals surface area contributed by atoms with E-state index >= 15 is 0 Å². The fourth-order valence-corrected chi connectivity index (χ4v) is 1.72. The number of nitro groups is 1. The molecule has 0 radical (unpaired) electrons. The molecule has 0 spiro atoms. The Labute approximate surface area is 105 Å². The first kappa shape index (κ1) is 13.6. The molecule has 1 heterocycles. The highest BCUT2D eigenvalue weighted by molar-refractivity contribution is 6.28. The van der Waals surface area contributed by atoms with Crippen LogP contribution in [-0.4, -0.2) is 20.4 Å². The van der Waals surface area contributed by atoms with Crippen LogP contribution in [0.3, 0.4) is 0 Å². The Morgan fingerprint density at radius 3 is 2.76 bits per heavy atom. The molecule has 6 nitrogen and oxygen atoms in total. The Balaban J connectivity index is 3.04. The average Bonchev–Trinajstić information content (AvgIpc) is 2.15. The van der Waals surface area contributed by atoms with Crippen LogP contribution in [0.1, 0.15) is 33.6 Å². The van der Waals surface area contributed by atoms with E-state index in [1.807, 2.05) is 20.8 Å². The zero-order valence-corrected chi connectivity index (χ0v) is 10.8. The Morgan fingerprint density at radius 2 is 2.24 bits per heavy atom. The molecular weight excluding hydrogens is 244 g/mol. The lowest BCUT2D eigenvalue weighted by molar-refractivity contribution is -0.384. The van der Waals surface area contributed by atoms with Crippen LogP contribution in [0.25, 0.3) is 0 Å². The molecule has 1 aromatic rings. The maximum Gasteiger partial charge on any atom is 0.329 e. The van der Waals surface area contributed by atoms with Gasteiger partial charge in [-0.2, -0.15) is 4.98 Å². The van der Waals surface area contributed by atoms with Gasteiger partial charge in [-0.15, -0.1) is 0 Å². The third kappa shape index (κ3) is 3.81. The van der Waals surface area contributed by atoms with E-state index in [4.69, 9.17) is 11.6 Å². The van der Waals surface area contributed by atoms with E-state index in [0.717, 1.165) is 19.0 Å². The normalized spacial score (nSPS) is 11.3. The monoisotopic (exact) mass is 258 g/mol. The van der Waals surface area contributed by atoms with Crippen molar-refractivity contribution in [1.82, 2.24) is 9.97 Å². The van der Waals surface area contributed by atoms with Crippen LogP contribution in [0.5, 0.6) is 0 Å². The highest BCUT2D eigenvalue weighted by atomic mass is 35.5. The molecule has 0 atom stereocenters. The van der Waals surface area contributed by atoms with Gasteiger partial charge in [-0.3, -0.25) is 10.1 Å². The van der Waals surface area contributed by atoms with E-state index in [9.17, 15) is 10.1 Å². The van der Waals surface area contributed by atoms with Gasteiger partial charge in [-0.1, -0.05) is 13.3 Å². The molecule has 0 bridgehead atoms. The Hall–Kier alpha value is -1.43. The third-order valence-electron chi connectivity index (χ3n) is 2.27. The molecule has 0 aliphatic rings. The molecule has 94 valence electrons. The first-order valence-electron chi connectivity index (χ1n) is 5.31. The SMILES string of the molecule is CCCC(C)(C)Nc1nc(Cl)ncc1[N+](=O)[O-]. The molecule has 0 aromatic carbocycles. The summed E-state index contributed by atoms with van der Waals surface area (Å²) in [7, 11) is 0. The van der Waals surface area contributed by atoms with Gasteiger partial charge in [0.05, 0.1) is 4.92 Å². The van der Waals surface area contributed by atoms with Crippen molar-refractivity contribution in [2.45, 2.75) is 39.2 Å². The molecule has 17 heavy (non-hydrogen) atoms. The second kappa shape index (κ2) is 5.27. The van der Waals surface area contributed by atoms with Crippen molar-refractivity contribution in [2.75, 3.05) is 5.32 Å². The molecule has 0 saturated heterocycles. The minimum atomic E-state index is -0.527. The molecule has 0 unspecified atom stereocenters. The van der Waals surface area contributed by atoms with Crippen molar-refractivity contribution < 1.29 is 4.92 Å². The molecule has 1 aromatic heterocycles. The predicted octanol–water partition coefficient (Wildman–Crippen LogP) is 3.03. The maximum absolute atomic E-state index is 10.8. The highest BCUT2D eigenvalue weighted by Crippen LogP contribution is 2.26. The molecule has 0 saturated carbocycles. The zero-order valence-electron chi connectivity index (χ0n) is 10.0. The lowest BCUT2D eigenvalue weighted by Gasteiger charge is -2.25. The van der Waals surface area contributed by atoms with Gasteiger partial charge in [-0.25, -0.2) is 4.98 Å². The summed E-state index contributed by atoms with van der Waals surface area (Å²) in [5.41, 5.74) is -0.449. The van der Waals surface area contributed by atoms with Crippen molar-refractivity contribution in [1.29, 1.82) is 0 Å². The lowest BCUT2D eigenvalue weighted by Crippen LogP contribution is -2.31. The van der Waals surface area contributed by atoms with E-state index in [2.05, 4.69) is 15.3 Å². The number of anilines is 1. The molecule has 1 rings (SSSR count). The van der Waals surface area contributed by atoms with Gasteiger partial charge >= 0.3 is 5.69 Å². The first-order chi connectivity index (χ1) is 7.85. The lowest BCUT2D eigenvalue weighted by atomic mass is 9.99. The Bertz CT molecular complexity index is 423. The van der Waals surface area contributed by atoms with Crippen molar-refractivity contribution >= 4 is 23.1 Å². The molecule has 0 fully saturated rings. The van der Waals surface area contributed by atoms with Crippen LogP contribution in [0.4, 0.5) is 11.5 Å². The van der Waals surface area contributed by atoms with Crippen LogP contribution in [0.15, 0.2) is 6.20 Å². The molecule has 0 aliphatic carbocycles. The Morgan fingerprint density at radius 1 is 1.59 bits per heavy atom. The molecular formula is C10H15ClN4O2. The van der Waals surface area contributed by atoms with Crippen molar-refractivity contribution in [3.05, 3.63) is 21.6 Å². The van der Waals surface area contributed by atoms with Gasteiger partial charge in [0.1, 0.15) is 6.20 Å². The van der Waals surface area contributed by atoms with Crippen LogP contribution in [-0.2, 0) is 0 Å². The van der Waals surface area contributed by atoms with E-state index in [1.165, 1.54) is 0 Å². The average molecular weight is 259 g/mol. The largest absolute Gasteiger partial charge is 0.359 e. The molecule has 0 aliphatic heterocycles. The smallest absolute Gasteiger partial charge is 0.329 e. The van der Waals surface area contributed by atoms with Gasteiger partial charge in [0.2, 0.25) is 11.1 Å². The van der Waals surface area contributed by atoms with Gasteiger partial charge < -0.3 is 5.32 Å². The highest BCUT2D eigenvalue weighted by Gasteiger charge is 2.23. The van der Waals surface area contributed by atoms with Crippen LogP contribution in [0.2, 0.25) is 5.28 Å². The van der Waals surface area contributed by atoms with Crippen LogP contribution < -0.4 is 5.32 Å². The number of hydrogen-bond acceptors (Lipinski definition) is 5. The van der Waals surface area contributed by atoms with Gasteiger partial charge in [0.25, 0.3) is 0 Å². The van der Waals surface area contributed by atoms with Gasteiger partial charge in [0, 0.05) is 5.54 Å². The summed E-state index contributed by atoms with van der Waals surface area (Å²) >= 11 is 5.64. The summed E-state index contributed by atoms with van der Waals surface area (Å²) in [4.78, 5) is 17.8. The minimum absolute atomic E-state index is 0.00889. The van der Waals surface area contributed by atoms with Crippen molar-refractivity contribution in [3.8, 4) is 0 Å². The number of aromatic nitrogens is 2. The Kier molecular flexibility index (Phi) is 4.22. The van der Waals surface area contributed by atoms with E-state index in [-0.39, 0.29) is 22.3 Å². The summed E-state index contributed by atoms with van der Waals surface area (Å²) in [6.07, 6.45) is 2.94. The van der Waals surface area contributed by atoms with Gasteiger partial charge in [-0.05, 0) is 31.9 Å². The number of nitrogens with zero attached hydrogens (tertiary/aromatic N) is 3. The zero-order chi connectivity index (χ0) is 13.1. The van der Waals surface area contributed by atoms with Crippen LogP contribution >= 0.6 is 11.6 Å². The third-order valence-corrected chi connectivity index (χ3v) is 2.45. The van der Waals surface area contributed by atoms with E-state index in [1.54, 1.807) is 0 Å². The first-order valence-corrected chi connectivity index (χ1v) is 5.68. The van der Waals surface area contributed by atoms with E-state index in [0.29, 0.717) is 0 Å². The molecule has 7 heteroatoms. The van der Waals surface area contributed by atoms with Gasteiger partial charge in [0.15, 0.2) is 0 Å². The van der Waals surface area contributed by atoms with E-state index < -0.39 is 4.92 Å². The number of hydrogen-bond donors (Lipinski definition) is 1. The summed E-state index contributed by atoms with van der Waals surface area (Å²) in [5, 5.41) is 13.8. The summed E-state index contributed by atoms with van der Waals surface area (Å²) in [6, 6.07) is 0. The topological polar surface area (TPSA) is 81.0 Å². The minimum Gasteiger partial charge on any atom is -0.359 e. The second-order valence-electron chi connectivity index (χ2n) is 4.39. The quantitative estimate of drug-likeness (QED) is 0.499. The standard InChI is InChI=1S/C10H15ClN4O2/c1-4-5-10(2,3)14-8-7(15(16)17)6-12-9(11)13-8/h6H,4-5H2,1-3H3,(H,12,13,14). The number of rotatable bonds is 5. The van der Waals surface area contributed by atoms with Crippen molar-refractivity contribution in [2.24, 2.45) is 0 Å². The number of nitrogens with one attached hydrogen (secondary N) is 1. The van der Waals surface area contributed by atoms with Crippen molar-refractivity contribution in [3.63, 3.8) is 0 Å². The fourth-order valence-electron chi connectivity index (χ4n) is 1.59. The molecule has 0 amide bonds. The second-order valence-corrected chi connectivity index (χ2v) is 4.73.